The Balaban J connectivity index is 1.44. The molecule has 3 aromatic heterocycles. The van der Waals surface area contributed by atoms with Crippen LogP contribution in [0, 0.1) is 0 Å². The molecule has 5 heterocycles. The summed E-state index contributed by atoms with van der Waals surface area (Å²) in [6.07, 6.45) is 0. The highest BCUT2D eigenvalue weighted by molar-refractivity contribution is 6.07. The number of nitrogens with zero attached hydrogens (tertiary/aromatic N) is 6. The summed E-state index contributed by atoms with van der Waals surface area (Å²) in [6.45, 7) is 23.6. The number of rotatable bonds is 24. The number of hydrogen-bond acceptors (Lipinski definition) is 14. The van der Waals surface area contributed by atoms with Crippen LogP contribution in [0.2, 0.25) is 0 Å². The third kappa shape index (κ3) is 10.7. The van der Waals surface area contributed by atoms with Gasteiger partial charge in [-0.15, -0.1) is 0 Å². The lowest BCUT2D eigenvalue weighted by Gasteiger charge is -2.12. The largest absolute Gasteiger partial charge is 0.377 e. The molecule has 0 spiro atoms. The van der Waals surface area contributed by atoms with Crippen LogP contribution in [0.1, 0.15) is 99.9 Å². The number of aromatic nitrogens is 8. The van der Waals surface area contributed by atoms with Gasteiger partial charge in [-0.3, -0.25) is 0 Å². The highest BCUT2D eigenvalue weighted by atomic mass is 16.5. The first kappa shape index (κ1) is 50.8. The van der Waals surface area contributed by atoms with Gasteiger partial charge in [-0.2, -0.15) is 0 Å². The van der Waals surface area contributed by atoms with E-state index >= 15 is 0 Å². The molecule has 2 aliphatic heterocycles. The van der Waals surface area contributed by atoms with Gasteiger partial charge in [0.15, 0.2) is 23.3 Å². The predicted molar refractivity (Wildman–Crippen MR) is 279 cm³/mol. The van der Waals surface area contributed by atoms with Crippen molar-refractivity contribution < 1.29 is 37.9 Å². The number of H-pyrrole nitrogens is 2. The second kappa shape index (κ2) is 23.6. The van der Waals surface area contributed by atoms with Crippen LogP contribution in [0.5, 0.6) is 0 Å². The number of nitrogens with one attached hydrogen (secondary N) is 2. The Morgan fingerprint density at radius 2 is 0.444 bits per heavy atom. The minimum absolute atomic E-state index is 0.393. The Hall–Kier alpha value is -6.08. The first-order valence-electron chi connectivity index (χ1n) is 25.4. The number of fused-ring (bicyclic) bond motifs is 20. The summed E-state index contributed by atoms with van der Waals surface area (Å²) in [7, 11) is 0. The smallest absolute Gasteiger partial charge is 0.164 e. The number of benzene rings is 4. The van der Waals surface area contributed by atoms with Crippen LogP contribution in [-0.2, 0) is 90.7 Å². The molecule has 16 heteroatoms. The monoisotopic (exact) mass is 979 g/mol. The standard InChI is InChI=1S/C56H66N8O8/c1-9-65-25-33-17-41-42(18-34(33)26-66-10-2)50-57-49(41)61-51-43-19-35(27-67-11-3)36(28-68-12-4)20-44(43)53(58-51)63-55-47-23-39(31-71-15-7)40(32-72-16-8)24-48(47)56(60-55)64-54-46-22-38(30-70-14-6)37(29-69-13-5)21-45(46)52(59-54)62-50/h17-24H,9-16,25-32H2,1-8H3,(H2,57,58,59,60,61,62,63,64). The maximum Gasteiger partial charge on any atom is 0.164 e. The van der Waals surface area contributed by atoms with Crippen molar-refractivity contribution in [1.29, 1.82) is 0 Å². The number of hydrogen-bond donors (Lipinski definition) is 2. The van der Waals surface area contributed by atoms with E-state index in [0.29, 0.717) is 152 Å². The van der Waals surface area contributed by atoms with Gasteiger partial charge < -0.3 is 47.9 Å². The van der Waals surface area contributed by atoms with E-state index in [1.165, 1.54) is 0 Å². The van der Waals surface area contributed by atoms with E-state index in [4.69, 9.17) is 67.8 Å². The zero-order valence-electron chi connectivity index (χ0n) is 42.9. The predicted octanol–water partition coefficient (Wildman–Crippen LogP) is 11.2. The molecule has 0 saturated carbocycles. The van der Waals surface area contributed by atoms with Crippen LogP contribution in [0.3, 0.4) is 0 Å². The summed E-state index contributed by atoms with van der Waals surface area (Å²) in [5, 5.41) is 3.36. The van der Waals surface area contributed by atoms with E-state index < -0.39 is 0 Å². The van der Waals surface area contributed by atoms with E-state index in [1.807, 2.05) is 55.4 Å². The molecule has 4 aromatic carbocycles. The average molecular weight is 979 g/mol. The minimum atomic E-state index is 0.393. The van der Waals surface area contributed by atoms with E-state index in [1.54, 1.807) is 0 Å². The van der Waals surface area contributed by atoms with Crippen LogP contribution >= 0.6 is 0 Å². The molecule has 0 unspecified atom stereocenters. The maximum absolute atomic E-state index is 6.03. The molecule has 9 rings (SSSR count). The molecule has 0 radical (unpaired) electrons. The summed E-state index contributed by atoms with van der Waals surface area (Å²) in [6, 6.07) is 17.0. The summed E-state index contributed by atoms with van der Waals surface area (Å²) in [5.74, 6) is 1.92. The third-order valence-electron chi connectivity index (χ3n) is 12.8. The lowest BCUT2D eigenvalue weighted by Crippen LogP contribution is -2.02. The van der Waals surface area contributed by atoms with Crippen molar-refractivity contribution in [2.75, 3.05) is 52.9 Å². The fourth-order valence-corrected chi connectivity index (χ4v) is 9.10. The van der Waals surface area contributed by atoms with Gasteiger partial charge in [-0.05, 0) is 148 Å². The summed E-state index contributed by atoms with van der Waals surface area (Å²) < 4.78 is 48.3. The van der Waals surface area contributed by atoms with Crippen LogP contribution in [0.4, 0.5) is 0 Å². The molecule has 8 bridgehead atoms. The number of aromatic amines is 2. The minimum Gasteiger partial charge on any atom is -0.377 e. The van der Waals surface area contributed by atoms with E-state index in [-0.39, 0.29) is 0 Å². The van der Waals surface area contributed by atoms with Crippen LogP contribution < -0.4 is 0 Å². The van der Waals surface area contributed by atoms with Gasteiger partial charge in [-0.25, -0.2) is 29.9 Å². The zero-order chi connectivity index (χ0) is 50.1. The maximum atomic E-state index is 6.03. The lowest BCUT2D eigenvalue weighted by atomic mass is 9.99. The first-order chi connectivity index (χ1) is 35.3. The summed E-state index contributed by atoms with van der Waals surface area (Å²) in [5.41, 5.74) is 13.4. The van der Waals surface area contributed by atoms with Crippen molar-refractivity contribution >= 4 is 44.1 Å². The quantitative estimate of drug-likeness (QED) is 0.0583. The molecule has 378 valence electrons. The van der Waals surface area contributed by atoms with Gasteiger partial charge in [0, 0.05) is 96.7 Å². The molecule has 2 aliphatic rings. The van der Waals surface area contributed by atoms with E-state index in [2.05, 4.69) is 58.5 Å². The van der Waals surface area contributed by atoms with Crippen LogP contribution in [0.25, 0.3) is 89.7 Å². The average Bonchev–Trinajstić information content (AvgIpc) is 4.11. The van der Waals surface area contributed by atoms with E-state index in [9.17, 15) is 0 Å². The number of ether oxygens (including phenoxy) is 8. The van der Waals surface area contributed by atoms with Crippen molar-refractivity contribution in [3.05, 3.63) is 93.0 Å². The summed E-state index contributed by atoms with van der Waals surface area (Å²) >= 11 is 0. The molecule has 16 nitrogen and oxygen atoms in total. The molecule has 0 atom stereocenters. The van der Waals surface area contributed by atoms with Crippen molar-refractivity contribution in [3.63, 3.8) is 0 Å². The molecular formula is C56H66N8O8. The van der Waals surface area contributed by atoms with Gasteiger partial charge in [-0.1, -0.05) is 0 Å². The highest BCUT2D eigenvalue weighted by Gasteiger charge is 2.26. The van der Waals surface area contributed by atoms with Crippen LogP contribution in [0.15, 0.2) is 48.5 Å². The Morgan fingerprint density at radius 3 is 0.625 bits per heavy atom. The first-order valence-corrected chi connectivity index (χ1v) is 25.4. The van der Waals surface area contributed by atoms with Crippen LogP contribution in [-0.4, -0.2) is 92.7 Å². The van der Waals surface area contributed by atoms with Crippen molar-refractivity contribution in [2.45, 2.75) is 108 Å². The molecule has 0 fully saturated rings. The van der Waals surface area contributed by atoms with Gasteiger partial charge in [0.05, 0.1) is 52.9 Å². The highest BCUT2D eigenvalue weighted by Crippen LogP contribution is 2.41. The second-order valence-corrected chi connectivity index (χ2v) is 17.4. The van der Waals surface area contributed by atoms with E-state index in [0.717, 1.165) is 88.3 Å². The molecule has 0 saturated heterocycles. The normalized spacial score (nSPS) is 12.1. The topological polar surface area (TPSA) is 183 Å². The lowest BCUT2D eigenvalue weighted by molar-refractivity contribution is 0.119. The fourth-order valence-electron chi connectivity index (χ4n) is 9.10. The summed E-state index contributed by atoms with van der Waals surface area (Å²) in [4.78, 5) is 39.5. The Kier molecular flexibility index (Phi) is 16.7. The Bertz CT molecular complexity index is 2820. The molecule has 2 N–H and O–H groups in total. The fraction of sp³-hybridized carbons (Fsp3) is 0.429. The van der Waals surface area contributed by atoms with Gasteiger partial charge in [0.25, 0.3) is 0 Å². The zero-order valence-corrected chi connectivity index (χ0v) is 42.9. The molecule has 0 aliphatic carbocycles. The second-order valence-electron chi connectivity index (χ2n) is 17.4. The SMILES string of the molecule is CCOCc1cc2c(cc1COCC)-c1nc-2nc2[nH]c(nc3nc(nc4[nH]c(n1)c1cc(COCC)c(COCC)cc41)-c1cc(COCC)c(COCC)cc1-3)c1cc(COCC)c(COCC)cc21. The van der Waals surface area contributed by atoms with Gasteiger partial charge >= 0.3 is 0 Å². The molecular weight excluding hydrogens is 913 g/mol. The van der Waals surface area contributed by atoms with Crippen molar-refractivity contribution in [3.8, 4) is 45.6 Å². The van der Waals surface area contributed by atoms with Crippen molar-refractivity contribution in [2.24, 2.45) is 0 Å². The van der Waals surface area contributed by atoms with Crippen molar-refractivity contribution in [1.82, 2.24) is 39.9 Å². The van der Waals surface area contributed by atoms with Gasteiger partial charge in [0.2, 0.25) is 0 Å². The molecule has 0 amide bonds. The third-order valence-corrected chi connectivity index (χ3v) is 12.8. The molecule has 7 aromatic rings. The Morgan fingerprint density at radius 1 is 0.264 bits per heavy atom. The van der Waals surface area contributed by atoms with Gasteiger partial charge in [0.1, 0.15) is 22.6 Å². The Labute approximate surface area is 420 Å². The molecule has 72 heavy (non-hydrogen) atoms.